The Kier molecular flexibility index (Phi) is 3.66. The molecule has 0 bridgehead atoms. The van der Waals surface area contributed by atoms with E-state index in [1.807, 2.05) is 12.1 Å². The van der Waals surface area contributed by atoms with Crippen molar-refractivity contribution in [1.29, 1.82) is 0 Å². The number of likely N-dealkylation sites (tertiary alicyclic amines) is 1. The van der Waals surface area contributed by atoms with Crippen molar-refractivity contribution in [3.63, 3.8) is 0 Å². The lowest BCUT2D eigenvalue weighted by Crippen LogP contribution is -2.43. The van der Waals surface area contributed by atoms with Crippen LogP contribution in [-0.4, -0.2) is 36.0 Å². The fourth-order valence-electron chi connectivity index (χ4n) is 4.65. The first-order valence-electron chi connectivity index (χ1n) is 8.61. The number of nitrogens with one attached hydrogen (secondary N) is 1. The molecular formula is C18H25N3O. The number of fused-ring (bicyclic) bond motifs is 2. The predicted molar refractivity (Wildman–Crippen MR) is 87.6 cm³/mol. The smallest absolute Gasteiger partial charge is 0.241 e. The van der Waals surface area contributed by atoms with Gasteiger partial charge in [-0.25, -0.2) is 0 Å². The topological polar surface area (TPSA) is 58.4 Å². The van der Waals surface area contributed by atoms with Crippen molar-refractivity contribution >= 4 is 11.6 Å². The van der Waals surface area contributed by atoms with Gasteiger partial charge < -0.3 is 11.1 Å². The van der Waals surface area contributed by atoms with Crippen molar-refractivity contribution in [2.75, 3.05) is 18.4 Å². The largest absolute Gasteiger partial charge is 0.327 e. The van der Waals surface area contributed by atoms with Crippen LogP contribution in [0.5, 0.6) is 0 Å². The van der Waals surface area contributed by atoms with E-state index in [9.17, 15) is 4.79 Å². The summed E-state index contributed by atoms with van der Waals surface area (Å²) in [6, 6.07) is 8.50. The number of rotatable bonds is 1. The third-order valence-electron chi connectivity index (χ3n) is 5.89. The molecule has 4 unspecified atom stereocenters. The third kappa shape index (κ3) is 2.44. The Balaban J connectivity index is 1.51. The molecule has 3 N–H and O–H groups in total. The van der Waals surface area contributed by atoms with Crippen LogP contribution in [0.4, 0.5) is 5.69 Å². The highest BCUT2D eigenvalue weighted by Gasteiger charge is 2.42. The first-order chi connectivity index (χ1) is 10.7. The fourth-order valence-corrected chi connectivity index (χ4v) is 4.65. The summed E-state index contributed by atoms with van der Waals surface area (Å²) in [6.07, 6.45) is 5.56. The van der Waals surface area contributed by atoms with Crippen LogP contribution in [0.15, 0.2) is 24.3 Å². The normalized spacial score (nSPS) is 35.4. The maximum absolute atomic E-state index is 12.7. The van der Waals surface area contributed by atoms with Crippen LogP contribution < -0.4 is 11.1 Å². The number of aryl methyl sites for hydroxylation is 1. The van der Waals surface area contributed by atoms with Crippen LogP contribution in [0.3, 0.4) is 0 Å². The number of anilines is 1. The molecule has 1 saturated carbocycles. The van der Waals surface area contributed by atoms with E-state index in [2.05, 4.69) is 22.3 Å². The second-order valence-corrected chi connectivity index (χ2v) is 7.17. The molecule has 0 radical (unpaired) electrons. The zero-order chi connectivity index (χ0) is 15.1. The second-order valence-electron chi connectivity index (χ2n) is 7.17. The molecule has 2 aliphatic heterocycles. The lowest BCUT2D eigenvalue weighted by molar-refractivity contribution is -0.121. The van der Waals surface area contributed by atoms with Crippen molar-refractivity contribution in [2.24, 2.45) is 17.6 Å². The number of nitrogens with two attached hydrogens (primary N) is 1. The SMILES string of the molecule is NC1CCCC2CN(C3CCc4ccccc4NC3=O)CC12. The number of para-hydroxylation sites is 1. The molecule has 0 spiro atoms. The van der Waals surface area contributed by atoms with E-state index in [4.69, 9.17) is 5.73 Å². The van der Waals surface area contributed by atoms with Crippen LogP contribution in [-0.2, 0) is 11.2 Å². The van der Waals surface area contributed by atoms with Gasteiger partial charge in [0, 0.05) is 24.8 Å². The molecule has 2 heterocycles. The van der Waals surface area contributed by atoms with Crippen molar-refractivity contribution in [1.82, 2.24) is 4.90 Å². The summed E-state index contributed by atoms with van der Waals surface area (Å²) in [6.45, 7) is 2.05. The molecule has 1 aliphatic carbocycles. The van der Waals surface area contributed by atoms with Gasteiger partial charge in [0.1, 0.15) is 0 Å². The molecule has 4 heteroatoms. The number of amides is 1. The summed E-state index contributed by atoms with van der Waals surface area (Å²) in [5, 5.41) is 3.13. The van der Waals surface area contributed by atoms with E-state index in [0.29, 0.717) is 17.9 Å². The molecule has 3 aliphatic rings. The number of nitrogens with zero attached hydrogens (tertiary/aromatic N) is 1. The van der Waals surface area contributed by atoms with Crippen LogP contribution in [0, 0.1) is 11.8 Å². The van der Waals surface area contributed by atoms with Gasteiger partial charge in [-0.3, -0.25) is 9.69 Å². The number of carbonyl (C=O) groups excluding carboxylic acids is 1. The zero-order valence-electron chi connectivity index (χ0n) is 13.0. The highest BCUT2D eigenvalue weighted by atomic mass is 16.2. The van der Waals surface area contributed by atoms with Gasteiger partial charge in [-0.1, -0.05) is 24.6 Å². The highest BCUT2D eigenvalue weighted by molar-refractivity contribution is 5.96. The van der Waals surface area contributed by atoms with Gasteiger partial charge in [0.05, 0.1) is 6.04 Å². The minimum absolute atomic E-state index is 0.00481. The minimum Gasteiger partial charge on any atom is -0.327 e. The number of hydrogen-bond acceptors (Lipinski definition) is 3. The Hall–Kier alpha value is -1.39. The van der Waals surface area contributed by atoms with E-state index in [0.717, 1.165) is 38.0 Å². The quantitative estimate of drug-likeness (QED) is 0.834. The number of carbonyl (C=O) groups is 1. The Bertz CT molecular complexity index is 573. The van der Waals surface area contributed by atoms with Crippen molar-refractivity contribution < 1.29 is 4.79 Å². The molecule has 2 fully saturated rings. The summed E-state index contributed by atoms with van der Waals surface area (Å²) in [7, 11) is 0. The molecule has 4 atom stereocenters. The first kappa shape index (κ1) is 14.2. The lowest BCUT2D eigenvalue weighted by atomic mass is 9.78. The van der Waals surface area contributed by atoms with E-state index in [1.165, 1.54) is 18.4 Å². The van der Waals surface area contributed by atoms with Gasteiger partial charge in [0.25, 0.3) is 0 Å². The third-order valence-corrected chi connectivity index (χ3v) is 5.89. The minimum atomic E-state index is 0.00481. The van der Waals surface area contributed by atoms with Gasteiger partial charge in [-0.2, -0.15) is 0 Å². The molecule has 22 heavy (non-hydrogen) atoms. The average molecular weight is 299 g/mol. The molecule has 1 aromatic rings. The van der Waals surface area contributed by atoms with Gasteiger partial charge in [0.15, 0.2) is 0 Å². The molecule has 1 saturated heterocycles. The van der Waals surface area contributed by atoms with Crippen LogP contribution in [0.25, 0.3) is 0 Å². The maximum atomic E-state index is 12.7. The number of hydrogen-bond donors (Lipinski definition) is 2. The summed E-state index contributed by atoms with van der Waals surface area (Å²) in [4.78, 5) is 15.1. The number of benzene rings is 1. The second kappa shape index (κ2) is 5.67. The van der Waals surface area contributed by atoms with Crippen LogP contribution in [0.1, 0.15) is 31.2 Å². The van der Waals surface area contributed by atoms with E-state index < -0.39 is 0 Å². The van der Waals surface area contributed by atoms with Gasteiger partial charge in [-0.05, 0) is 49.1 Å². The van der Waals surface area contributed by atoms with Crippen molar-refractivity contribution in [2.45, 2.75) is 44.2 Å². The Labute approximate surface area is 132 Å². The molecule has 0 aromatic heterocycles. The summed E-state index contributed by atoms with van der Waals surface area (Å²) in [5.74, 6) is 1.45. The van der Waals surface area contributed by atoms with Gasteiger partial charge >= 0.3 is 0 Å². The Morgan fingerprint density at radius 1 is 1.14 bits per heavy atom. The summed E-state index contributed by atoms with van der Waals surface area (Å²) in [5.41, 5.74) is 8.56. The molecular weight excluding hydrogens is 274 g/mol. The zero-order valence-corrected chi connectivity index (χ0v) is 13.0. The van der Waals surface area contributed by atoms with Gasteiger partial charge in [0.2, 0.25) is 5.91 Å². The lowest BCUT2D eigenvalue weighted by Gasteiger charge is -2.30. The van der Waals surface area contributed by atoms with E-state index >= 15 is 0 Å². The fraction of sp³-hybridized carbons (Fsp3) is 0.611. The highest BCUT2D eigenvalue weighted by Crippen LogP contribution is 2.37. The average Bonchev–Trinajstić information content (AvgIpc) is 2.87. The summed E-state index contributed by atoms with van der Waals surface area (Å²) < 4.78 is 0. The Morgan fingerprint density at radius 2 is 2.00 bits per heavy atom. The molecule has 4 nitrogen and oxygen atoms in total. The molecule has 1 aromatic carbocycles. The Morgan fingerprint density at radius 3 is 2.86 bits per heavy atom. The van der Waals surface area contributed by atoms with Crippen LogP contribution >= 0.6 is 0 Å². The van der Waals surface area contributed by atoms with Crippen molar-refractivity contribution in [3.05, 3.63) is 29.8 Å². The first-order valence-corrected chi connectivity index (χ1v) is 8.61. The summed E-state index contributed by atoms with van der Waals surface area (Å²) >= 11 is 0. The van der Waals surface area contributed by atoms with Crippen LogP contribution in [0.2, 0.25) is 0 Å². The maximum Gasteiger partial charge on any atom is 0.241 e. The predicted octanol–water partition coefficient (Wildman–Crippen LogP) is 2.00. The van der Waals surface area contributed by atoms with E-state index in [-0.39, 0.29) is 11.9 Å². The molecule has 1 amide bonds. The molecule has 118 valence electrons. The van der Waals surface area contributed by atoms with E-state index in [1.54, 1.807) is 0 Å². The van der Waals surface area contributed by atoms with Gasteiger partial charge in [-0.15, -0.1) is 0 Å². The standard InChI is InChI=1S/C18H25N3O/c19-15-6-3-5-13-10-21(11-14(13)15)17-9-8-12-4-1-2-7-16(12)20-18(17)22/h1-2,4,7,13-15,17H,3,5-6,8-11,19H2,(H,20,22). The molecule has 4 rings (SSSR count). The monoisotopic (exact) mass is 299 g/mol. The van der Waals surface area contributed by atoms with Crippen molar-refractivity contribution in [3.8, 4) is 0 Å².